The molecule has 30 heavy (non-hydrogen) atoms. The number of piperazine rings is 1. The number of benzene rings is 2. The molecule has 1 heterocycles. The zero-order valence-corrected chi connectivity index (χ0v) is 18.6. The Morgan fingerprint density at radius 3 is 2.73 bits per heavy atom. The number of carbonyl (C=O) groups excluding carboxylic acids is 1. The SMILES string of the molecule is Cl.O=C(OCc1ccccc1)N1CCNC(COCc2cc([N+](=O)[O-])ccc2Br)C1. The molecular weight excluding hydrogens is 478 g/mol. The Labute approximate surface area is 189 Å². The number of halogens is 2. The molecule has 1 unspecified atom stereocenters. The summed E-state index contributed by atoms with van der Waals surface area (Å²) < 4.78 is 11.9. The first kappa shape index (κ1) is 24.1. The molecule has 1 atom stereocenters. The van der Waals surface area contributed by atoms with Crippen LogP contribution in [0.15, 0.2) is 53.0 Å². The third-order valence-corrected chi connectivity index (χ3v) is 5.31. The van der Waals surface area contributed by atoms with E-state index in [1.807, 2.05) is 30.3 Å². The number of nitrogens with zero attached hydrogens (tertiary/aromatic N) is 2. The number of ether oxygens (including phenoxy) is 2. The molecule has 1 fully saturated rings. The first-order chi connectivity index (χ1) is 14.0. The number of amides is 1. The van der Waals surface area contributed by atoms with Gasteiger partial charge in [0, 0.05) is 42.3 Å². The zero-order chi connectivity index (χ0) is 20.6. The van der Waals surface area contributed by atoms with Gasteiger partial charge in [0.25, 0.3) is 5.69 Å². The third-order valence-electron chi connectivity index (χ3n) is 4.54. The normalized spacial score (nSPS) is 15.9. The molecule has 0 radical (unpaired) electrons. The molecule has 2 aromatic rings. The highest BCUT2D eigenvalue weighted by Gasteiger charge is 2.24. The number of hydrogen-bond acceptors (Lipinski definition) is 6. The van der Waals surface area contributed by atoms with E-state index < -0.39 is 4.92 Å². The average molecular weight is 501 g/mol. The van der Waals surface area contributed by atoms with Crippen LogP contribution in [0, 0.1) is 10.1 Å². The molecule has 0 spiro atoms. The van der Waals surface area contributed by atoms with E-state index in [2.05, 4.69) is 21.2 Å². The van der Waals surface area contributed by atoms with E-state index in [-0.39, 0.29) is 43.4 Å². The number of hydrogen-bond donors (Lipinski definition) is 1. The Balaban J connectivity index is 0.00000320. The van der Waals surface area contributed by atoms with Crippen molar-refractivity contribution in [3.63, 3.8) is 0 Å². The second-order valence-electron chi connectivity index (χ2n) is 6.69. The Hall–Kier alpha value is -2.20. The van der Waals surface area contributed by atoms with Gasteiger partial charge < -0.3 is 19.7 Å². The first-order valence-corrected chi connectivity index (χ1v) is 10.0. The molecule has 0 saturated carbocycles. The molecule has 0 aromatic heterocycles. The molecule has 0 bridgehead atoms. The van der Waals surface area contributed by atoms with Crippen LogP contribution in [0.2, 0.25) is 0 Å². The van der Waals surface area contributed by atoms with Gasteiger partial charge in [0.15, 0.2) is 0 Å². The number of rotatable bonds is 7. The van der Waals surface area contributed by atoms with Crippen molar-refractivity contribution >= 4 is 40.1 Å². The molecule has 1 aliphatic rings. The number of nitrogens with one attached hydrogen (secondary N) is 1. The highest BCUT2D eigenvalue weighted by molar-refractivity contribution is 9.10. The molecule has 2 aromatic carbocycles. The monoisotopic (exact) mass is 499 g/mol. The Bertz CT molecular complexity index is 856. The summed E-state index contributed by atoms with van der Waals surface area (Å²) in [6.07, 6.45) is -0.346. The van der Waals surface area contributed by atoms with Crippen molar-refractivity contribution in [2.24, 2.45) is 0 Å². The standard InChI is InChI=1S/C20H22BrN3O5.ClH/c21-19-7-6-18(24(26)27)10-16(19)13-28-14-17-11-23(9-8-22-17)20(25)29-12-15-4-2-1-3-5-15;/h1-7,10,17,22H,8-9,11-14H2;1H. The molecule has 10 heteroatoms. The molecule has 8 nitrogen and oxygen atoms in total. The quantitative estimate of drug-likeness (QED) is 0.458. The predicted molar refractivity (Wildman–Crippen MR) is 118 cm³/mol. The second kappa shape index (κ2) is 11.8. The molecule has 1 amide bonds. The number of non-ortho nitro benzene ring substituents is 1. The summed E-state index contributed by atoms with van der Waals surface area (Å²) in [5.41, 5.74) is 1.67. The van der Waals surface area contributed by atoms with E-state index in [0.29, 0.717) is 31.8 Å². The minimum atomic E-state index is -0.433. The van der Waals surface area contributed by atoms with Gasteiger partial charge in [-0.1, -0.05) is 46.3 Å². The average Bonchev–Trinajstić information content (AvgIpc) is 2.74. The molecule has 162 valence electrons. The fourth-order valence-corrected chi connectivity index (χ4v) is 3.37. The summed E-state index contributed by atoms with van der Waals surface area (Å²) in [6.45, 7) is 2.54. The summed E-state index contributed by atoms with van der Waals surface area (Å²) in [5.74, 6) is 0. The lowest BCUT2D eigenvalue weighted by atomic mass is 10.2. The van der Waals surface area contributed by atoms with Crippen LogP contribution in [0.1, 0.15) is 11.1 Å². The van der Waals surface area contributed by atoms with Crippen molar-refractivity contribution in [1.29, 1.82) is 0 Å². The topological polar surface area (TPSA) is 93.9 Å². The molecule has 1 aliphatic heterocycles. The van der Waals surface area contributed by atoms with Crippen molar-refractivity contribution in [3.8, 4) is 0 Å². The van der Waals surface area contributed by atoms with E-state index in [1.165, 1.54) is 12.1 Å². The van der Waals surface area contributed by atoms with Crippen LogP contribution in [0.4, 0.5) is 10.5 Å². The van der Waals surface area contributed by atoms with Gasteiger partial charge in [-0.3, -0.25) is 10.1 Å². The van der Waals surface area contributed by atoms with Crippen LogP contribution < -0.4 is 5.32 Å². The Morgan fingerprint density at radius 1 is 1.23 bits per heavy atom. The van der Waals surface area contributed by atoms with Gasteiger partial charge in [-0.25, -0.2) is 4.79 Å². The van der Waals surface area contributed by atoms with E-state index in [4.69, 9.17) is 9.47 Å². The summed E-state index contributed by atoms with van der Waals surface area (Å²) in [4.78, 5) is 24.5. The lowest BCUT2D eigenvalue weighted by Crippen LogP contribution is -2.54. The highest BCUT2D eigenvalue weighted by atomic mass is 79.9. The first-order valence-electron chi connectivity index (χ1n) is 9.22. The Kier molecular flexibility index (Phi) is 9.51. The summed E-state index contributed by atoms with van der Waals surface area (Å²) in [6, 6.07) is 14.1. The van der Waals surface area contributed by atoms with Crippen molar-refractivity contribution in [3.05, 3.63) is 74.2 Å². The fourth-order valence-electron chi connectivity index (χ4n) is 3.01. The van der Waals surface area contributed by atoms with Crippen molar-refractivity contribution < 1.29 is 19.2 Å². The zero-order valence-electron chi connectivity index (χ0n) is 16.2. The maximum atomic E-state index is 12.3. The molecule has 1 saturated heterocycles. The highest BCUT2D eigenvalue weighted by Crippen LogP contribution is 2.23. The van der Waals surface area contributed by atoms with Gasteiger partial charge in [-0.15, -0.1) is 12.4 Å². The summed E-state index contributed by atoms with van der Waals surface area (Å²) in [5, 5.41) is 14.2. The van der Waals surface area contributed by atoms with Crippen LogP contribution in [-0.4, -0.2) is 48.2 Å². The molecule has 0 aliphatic carbocycles. The van der Waals surface area contributed by atoms with Crippen LogP contribution in [0.5, 0.6) is 0 Å². The van der Waals surface area contributed by atoms with Gasteiger partial charge >= 0.3 is 6.09 Å². The van der Waals surface area contributed by atoms with Gasteiger partial charge in [-0.05, 0) is 17.2 Å². The maximum absolute atomic E-state index is 12.3. The molecule has 1 N–H and O–H groups in total. The predicted octanol–water partition coefficient (Wildman–Crippen LogP) is 3.91. The minimum Gasteiger partial charge on any atom is -0.445 e. The largest absolute Gasteiger partial charge is 0.445 e. The van der Waals surface area contributed by atoms with Gasteiger partial charge in [0.05, 0.1) is 18.1 Å². The maximum Gasteiger partial charge on any atom is 0.410 e. The van der Waals surface area contributed by atoms with Gasteiger partial charge in [0.2, 0.25) is 0 Å². The number of nitro groups is 1. The van der Waals surface area contributed by atoms with E-state index in [0.717, 1.165) is 10.0 Å². The smallest absolute Gasteiger partial charge is 0.410 e. The Morgan fingerprint density at radius 2 is 2.00 bits per heavy atom. The van der Waals surface area contributed by atoms with E-state index in [9.17, 15) is 14.9 Å². The van der Waals surface area contributed by atoms with Crippen molar-refractivity contribution in [1.82, 2.24) is 10.2 Å². The third kappa shape index (κ3) is 6.94. The number of nitro benzene ring substituents is 1. The lowest BCUT2D eigenvalue weighted by Gasteiger charge is -2.32. The van der Waals surface area contributed by atoms with Crippen LogP contribution >= 0.6 is 28.3 Å². The molecule has 3 rings (SSSR count). The summed E-state index contributed by atoms with van der Waals surface area (Å²) >= 11 is 3.38. The number of carbonyl (C=O) groups is 1. The van der Waals surface area contributed by atoms with E-state index in [1.54, 1.807) is 11.0 Å². The van der Waals surface area contributed by atoms with Crippen LogP contribution in [0.25, 0.3) is 0 Å². The van der Waals surface area contributed by atoms with Crippen molar-refractivity contribution in [2.45, 2.75) is 19.3 Å². The summed E-state index contributed by atoms with van der Waals surface area (Å²) in [7, 11) is 0. The van der Waals surface area contributed by atoms with Crippen LogP contribution in [-0.2, 0) is 22.7 Å². The lowest BCUT2D eigenvalue weighted by molar-refractivity contribution is -0.385. The van der Waals surface area contributed by atoms with Crippen molar-refractivity contribution in [2.75, 3.05) is 26.2 Å². The van der Waals surface area contributed by atoms with Crippen LogP contribution in [0.3, 0.4) is 0 Å². The van der Waals surface area contributed by atoms with Gasteiger partial charge in [0.1, 0.15) is 6.61 Å². The molecular formula is C20H23BrClN3O5. The fraction of sp³-hybridized carbons (Fsp3) is 0.350. The van der Waals surface area contributed by atoms with Gasteiger partial charge in [-0.2, -0.15) is 0 Å². The minimum absolute atomic E-state index is 0. The second-order valence-corrected chi connectivity index (χ2v) is 7.54. The van der Waals surface area contributed by atoms with E-state index >= 15 is 0 Å².